The second kappa shape index (κ2) is 6.19. The van der Waals surface area contributed by atoms with Gasteiger partial charge in [0.2, 0.25) is 6.79 Å². The van der Waals surface area contributed by atoms with E-state index in [4.69, 9.17) is 14.6 Å². The highest BCUT2D eigenvalue weighted by molar-refractivity contribution is 6.03. The minimum atomic E-state index is 0.0992. The Morgan fingerprint density at radius 2 is 1.81 bits per heavy atom. The molecule has 128 valence electrons. The Balaban J connectivity index is 1.55. The Bertz CT molecular complexity index is 958. The summed E-state index contributed by atoms with van der Waals surface area (Å²) in [7, 11) is 0. The molecule has 0 bridgehead atoms. The molecule has 5 rings (SSSR count). The summed E-state index contributed by atoms with van der Waals surface area (Å²) in [4.78, 5) is 4.24. The fraction of sp³-hybridized carbons (Fsp3) is 0.143. The molecule has 3 heterocycles. The Hall–Kier alpha value is -3.34. The van der Waals surface area contributed by atoms with E-state index >= 15 is 0 Å². The number of hydrazone groups is 1. The van der Waals surface area contributed by atoms with Gasteiger partial charge < -0.3 is 9.47 Å². The van der Waals surface area contributed by atoms with Gasteiger partial charge >= 0.3 is 0 Å². The van der Waals surface area contributed by atoms with Crippen molar-refractivity contribution in [1.29, 1.82) is 0 Å². The fourth-order valence-electron chi connectivity index (χ4n) is 3.42. The minimum absolute atomic E-state index is 0.0992. The second-order valence-corrected chi connectivity index (χ2v) is 6.30. The number of rotatable bonds is 3. The number of anilines is 1. The molecule has 0 radical (unpaired) electrons. The molecule has 0 saturated carbocycles. The lowest BCUT2D eigenvalue weighted by Crippen LogP contribution is -2.18. The van der Waals surface area contributed by atoms with Gasteiger partial charge in [-0.1, -0.05) is 30.3 Å². The van der Waals surface area contributed by atoms with Crippen molar-refractivity contribution >= 4 is 11.4 Å². The maximum Gasteiger partial charge on any atom is 0.231 e. The standard InChI is InChI=1S/C21H17N3O2/c1-2-6-17(7-3-1)24-19(12-18(23-24)16-5-4-10-22-13-16)15-8-9-20-21(11-15)26-14-25-20/h1-11,13,19H,12,14H2/t19-/m0/s1. The van der Waals surface area contributed by atoms with Crippen LogP contribution in [0.2, 0.25) is 0 Å². The molecule has 0 saturated heterocycles. The minimum Gasteiger partial charge on any atom is -0.454 e. The van der Waals surface area contributed by atoms with Gasteiger partial charge in [-0.05, 0) is 35.9 Å². The summed E-state index contributed by atoms with van der Waals surface area (Å²) in [5.41, 5.74) is 4.30. The van der Waals surface area contributed by atoms with Crippen molar-refractivity contribution in [3.05, 3.63) is 84.2 Å². The SMILES string of the molecule is c1ccc(N2N=C(c3cccnc3)C[C@H]2c2ccc3c(c2)OCO3)cc1. The average molecular weight is 343 g/mol. The van der Waals surface area contributed by atoms with E-state index in [-0.39, 0.29) is 12.8 Å². The molecule has 2 aromatic carbocycles. The quantitative estimate of drug-likeness (QED) is 0.716. The summed E-state index contributed by atoms with van der Waals surface area (Å²) >= 11 is 0. The molecule has 0 amide bonds. The van der Waals surface area contributed by atoms with Crippen molar-refractivity contribution in [3.63, 3.8) is 0 Å². The van der Waals surface area contributed by atoms with Crippen molar-refractivity contribution in [2.45, 2.75) is 12.5 Å². The molecule has 5 heteroatoms. The highest BCUT2D eigenvalue weighted by Crippen LogP contribution is 2.40. The lowest BCUT2D eigenvalue weighted by Gasteiger charge is -2.24. The van der Waals surface area contributed by atoms with E-state index in [1.54, 1.807) is 6.20 Å². The van der Waals surface area contributed by atoms with Gasteiger partial charge in [0, 0.05) is 24.4 Å². The van der Waals surface area contributed by atoms with Crippen LogP contribution in [-0.4, -0.2) is 17.5 Å². The number of nitrogens with zero attached hydrogens (tertiary/aromatic N) is 3. The highest BCUT2D eigenvalue weighted by atomic mass is 16.7. The summed E-state index contributed by atoms with van der Waals surface area (Å²) in [6.07, 6.45) is 4.45. The first kappa shape index (κ1) is 15.0. The van der Waals surface area contributed by atoms with Crippen LogP contribution in [0.1, 0.15) is 23.6 Å². The maximum atomic E-state index is 5.56. The first-order valence-electron chi connectivity index (χ1n) is 8.60. The number of hydrogen-bond acceptors (Lipinski definition) is 5. The largest absolute Gasteiger partial charge is 0.454 e. The van der Waals surface area contributed by atoms with Crippen molar-refractivity contribution in [2.75, 3.05) is 11.8 Å². The third kappa shape index (κ3) is 2.58. The molecule has 26 heavy (non-hydrogen) atoms. The molecule has 3 aromatic rings. The van der Waals surface area contributed by atoms with Crippen LogP contribution in [0, 0.1) is 0 Å². The van der Waals surface area contributed by atoms with E-state index in [9.17, 15) is 0 Å². The summed E-state index contributed by atoms with van der Waals surface area (Å²) in [6, 6.07) is 20.5. The zero-order valence-corrected chi connectivity index (χ0v) is 14.1. The van der Waals surface area contributed by atoms with E-state index in [2.05, 4.69) is 40.3 Å². The number of aromatic nitrogens is 1. The average Bonchev–Trinajstić information content (AvgIpc) is 3.36. The van der Waals surface area contributed by atoms with Crippen LogP contribution >= 0.6 is 0 Å². The molecular weight excluding hydrogens is 326 g/mol. The van der Waals surface area contributed by atoms with Crippen molar-refractivity contribution < 1.29 is 9.47 Å². The van der Waals surface area contributed by atoms with E-state index in [1.807, 2.05) is 36.5 Å². The number of hydrogen-bond donors (Lipinski definition) is 0. The van der Waals surface area contributed by atoms with Gasteiger partial charge in [-0.15, -0.1) is 0 Å². The zero-order valence-electron chi connectivity index (χ0n) is 14.1. The summed E-state index contributed by atoms with van der Waals surface area (Å²) < 4.78 is 11.0. The summed E-state index contributed by atoms with van der Waals surface area (Å²) in [6.45, 7) is 0.281. The predicted molar refractivity (Wildman–Crippen MR) is 99.6 cm³/mol. The van der Waals surface area contributed by atoms with E-state index in [1.165, 1.54) is 0 Å². The molecule has 5 nitrogen and oxygen atoms in total. The lowest BCUT2D eigenvalue weighted by molar-refractivity contribution is 0.174. The molecule has 1 atom stereocenters. The third-order valence-electron chi connectivity index (χ3n) is 4.71. The molecule has 2 aliphatic rings. The van der Waals surface area contributed by atoms with Gasteiger partial charge in [0.1, 0.15) is 0 Å². The number of fused-ring (bicyclic) bond motifs is 1. The molecule has 1 aromatic heterocycles. The number of ether oxygens (including phenoxy) is 2. The van der Waals surface area contributed by atoms with E-state index in [0.29, 0.717) is 0 Å². The molecular formula is C21H17N3O2. The van der Waals surface area contributed by atoms with Gasteiger partial charge in [-0.25, -0.2) is 0 Å². The number of pyridine rings is 1. The van der Waals surface area contributed by atoms with Gasteiger partial charge in [0.15, 0.2) is 11.5 Å². The molecule has 0 aliphatic carbocycles. The number of para-hydroxylation sites is 1. The second-order valence-electron chi connectivity index (χ2n) is 6.30. The molecule has 0 fully saturated rings. The topological polar surface area (TPSA) is 47.0 Å². The monoisotopic (exact) mass is 343 g/mol. The fourth-order valence-corrected chi connectivity index (χ4v) is 3.42. The Labute approximate surface area is 151 Å². The van der Waals surface area contributed by atoms with Crippen LogP contribution in [-0.2, 0) is 0 Å². The normalized spacial score (nSPS) is 18.1. The highest BCUT2D eigenvalue weighted by Gasteiger charge is 2.31. The van der Waals surface area contributed by atoms with Crippen molar-refractivity contribution in [3.8, 4) is 11.5 Å². The molecule has 0 unspecified atom stereocenters. The Morgan fingerprint density at radius 1 is 0.923 bits per heavy atom. The zero-order chi connectivity index (χ0) is 17.3. The van der Waals surface area contributed by atoms with Crippen LogP contribution < -0.4 is 14.5 Å². The maximum absolute atomic E-state index is 5.56. The van der Waals surface area contributed by atoms with Gasteiger partial charge in [-0.2, -0.15) is 5.10 Å². The van der Waals surface area contributed by atoms with Crippen LogP contribution in [0.4, 0.5) is 5.69 Å². The number of benzene rings is 2. The van der Waals surface area contributed by atoms with E-state index in [0.717, 1.165) is 40.4 Å². The van der Waals surface area contributed by atoms with Gasteiger partial charge in [0.25, 0.3) is 0 Å². The smallest absolute Gasteiger partial charge is 0.231 e. The van der Waals surface area contributed by atoms with Crippen LogP contribution in [0.15, 0.2) is 78.2 Å². The van der Waals surface area contributed by atoms with E-state index < -0.39 is 0 Å². The first-order valence-corrected chi connectivity index (χ1v) is 8.60. The first-order chi connectivity index (χ1) is 12.9. The molecule has 0 spiro atoms. The summed E-state index contributed by atoms with van der Waals surface area (Å²) in [5, 5.41) is 7.00. The van der Waals surface area contributed by atoms with Crippen molar-refractivity contribution in [1.82, 2.24) is 4.98 Å². The van der Waals surface area contributed by atoms with Crippen LogP contribution in [0.5, 0.6) is 11.5 Å². The van der Waals surface area contributed by atoms with Crippen LogP contribution in [0.25, 0.3) is 0 Å². The third-order valence-corrected chi connectivity index (χ3v) is 4.71. The molecule has 0 N–H and O–H groups in total. The Morgan fingerprint density at radius 3 is 2.65 bits per heavy atom. The van der Waals surface area contributed by atoms with Crippen LogP contribution in [0.3, 0.4) is 0 Å². The Kier molecular flexibility index (Phi) is 3.56. The molecule has 2 aliphatic heterocycles. The summed E-state index contributed by atoms with van der Waals surface area (Å²) in [5.74, 6) is 1.59. The van der Waals surface area contributed by atoms with Gasteiger partial charge in [0.05, 0.1) is 17.4 Å². The van der Waals surface area contributed by atoms with Crippen molar-refractivity contribution in [2.24, 2.45) is 5.10 Å². The van der Waals surface area contributed by atoms with Gasteiger partial charge in [-0.3, -0.25) is 9.99 Å². The lowest BCUT2D eigenvalue weighted by atomic mass is 9.98. The predicted octanol–water partition coefficient (Wildman–Crippen LogP) is 4.17.